The fourth-order valence-electron chi connectivity index (χ4n) is 4.20. The summed E-state index contributed by atoms with van der Waals surface area (Å²) in [4.78, 5) is 16.4. The van der Waals surface area contributed by atoms with Gasteiger partial charge in [-0.3, -0.25) is 9.69 Å². The molecule has 1 saturated heterocycles. The molecule has 31 heavy (non-hydrogen) atoms. The van der Waals surface area contributed by atoms with E-state index < -0.39 is 0 Å². The van der Waals surface area contributed by atoms with E-state index in [-0.39, 0.29) is 0 Å². The number of nitrogens with one attached hydrogen (secondary N) is 1. The van der Waals surface area contributed by atoms with E-state index >= 15 is 0 Å². The predicted octanol–water partition coefficient (Wildman–Crippen LogP) is 4.20. The number of hydrogen-bond donors (Lipinski definition) is 2. The zero-order chi connectivity index (χ0) is 21.8. The van der Waals surface area contributed by atoms with Gasteiger partial charge < -0.3 is 16.0 Å². The number of nitrogens with zero attached hydrogens (tertiary/aromatic N) is 2. The molecule has 0 spiro atoms. The maximum atomic E-state index is 11.5. The van der Waals surface area contributed by atoms with Gasteiger partial charge in [0.05, 0.1) is 11.4 Å². The van der Waals surface area contributed by atoms with E-state index in [1.54, 1.807) is 7.05 Å². The summed E-state index contributed by atoms with van der Waals surface area (Å²) in [6, 6.07) is 21.0. The van der Waals surface area contributed by atoms with Crippen LogP contribution in [0.4, 0.5) is 11.4 Å². The molecule has 3 aromatic carbocycles. The van der Waals surface area contributed by atoms with Crippen LogP contribution in [0.5, 0.6) is 0 Å². The molecule has 0 atom stereocenters. The minimum Gasteiger partial charge on any atom is -0.397 e. The first-order chi connectivity index (χ1) is 15.1. The maximum Gasteiger partial charge on any atom is 0.152 e. The van der Waals surface area contributed by atoms with Crippen molar-refractivity contribution in [1.82, 2.24) is 9.80 Å². The minimum absolute atomic E-state index is 0.568. The fraction of sp³-hybridized carbons (Fsp3) is 0.269. The van der Waals surface area contributed by atoms with Crippen LogP contribution in [0.1, 0.15) is 15.9 Å². The highest BCUT2D eigenvalue weighted by molar-refractivity contribution is 5.93. The van der Waals surface area contributed by atoms with Gasteiger partial charge in [-0.05, 0) is 53.1 Å². The van der Waals surface area contributed by atoms with Crippen LogP contribution in [0, 0.1) is 0 Å². The van der Waals surface area contributed by atoms with Crippen molar-refractivity contribution in [3.8, 4) is 22.3 Å². The Morgan fingerprint density at radius 3 is 2.23 bits per heavy atom. The highest BCUT2D eigenvalue weighted by Crippen LogP contribution is 2.31. The summed E-state index contributed by atoms with van der Waals surface area (Å²) < 4.78 is 0. The SMILES string of the molecule is CNc1c(N)cc(-c2ccc(-c3cccc(CN4CCN(C)CC4)c3)cc2)cc1C=O. The third-order valence-electron chi connectivity index (χ3n) is 6.06. The zero-order valence-electron chi connectivity index (χ0n) is 18.3. The number of nitrogens with two attached hydrogens (primary N) is 1. The topological polar surface area (TPSA) is 61.6 Å². The number of benzene rings is 3. The molecule has 0 unspecified atom stereocenters. The van der Waals surface area contributed by atoms with Crippen LogP contribution >= 0.6 is 0 Å². The van der Waals surface area contributed by atoms with Crippen LogP contribution in [0.25, 0.3) is 22.3 Å². The summed E-state index contributed by atoms with van der Waals surface area (Å²) in [6.45, 7) is 5.49. The number of rotatable bonds is 6. The van der Waals surface area contributed by atoms with Gasteiger partial charge in [0.15, 0.2) is 6.29 Å². The highest BCUT2D eigenvalue weighted by Gasteiger charge is 2.14. The third kappa shape index (κ3) is 4.79. The molecule has 0 amide bonds. The maximum absolute atomic E-state index is 11.5. The molecule has 4 rings (SSSR count). The lowest BCUT2D eigenvalue weighted by Crippen LogP contribution is -2.43. The number of anilines is 2. The normalized spacial score (nSPS) is 15.0. The van der Waals surface area contributed by atoms with Gasteiger partial charge in [-0.1, -0.05) is 42.5 Å². The number of piperazine rings is 1. The molecule has 3 N–H and O–H groups in total. The Balaban J connectivity index is 1.53. The molecule has 0 aromatic heterocycles. The molecule has 5 nitrogen and oxygen atoms in total. The Hall–Kier alpha value is -3.15. The van der Waals surface area contributed by atoms with E-state index in [1.807, 2.05) is 12.1 Å². The Morgan fingerprint density at radius 1 is 0.903 bits per heavy atom. The van der Waals surface area contributed by atoms with Gasteiger partial charge in [-0.2, -0.15) is 0 Å². The van der Waals surface area contributed by atoms with E-state index in [0.717, 1.165) is 50.1 Å². The molecule has 5 heteroatoms. The standard InChI is InChI=1S/C26H30N4O/c1-28-26-24(18-31)15-23(16-25(26)27)21-8-6-20(7-9-21)22-5-3-4-19(14-22)17-30-12-10-29(2)11-13-30/h3-9,14-16,18,28H,10-13,17,27H2,1-2H3. The molecule has 1 fully saturated rings. The predicted molar refractivity (Wildman–Crippen MR) is 129 cm³/mol. The van der Waals surface area contributed by atoms with Crippen LogP contribution < -0.4 is 11.1 Å². The number of carbonyl (C=O) groups excluding carboxylic acids is 1. The van der Waals surface area contributed by atoms with Gasteiger partial charge in [0.1, 0.15) is 0 Å². The Bertz CT molecular complexity index is 1050. The molecule has 0 aliphatic carbocycles. The molecule has 0 bridgehead atoms. The Kier molecular flexibility index (Phi) is 6.35. The molecule has 0 radical (unpaired) electrons. The largest absolute Gasteiger partial charge is 0.397 e. The highest BCUT2D eigenvalue weighted by atomic mass is 16.1. The smallest absolute Gasteiger partial charge is 0.152 e. The first-order valence-electron chi connectivity index (χ1n) is 10.7. The second kappa shape index (κ2) is 9.33. The second-order valence-corrected chi connectivity index (χ2v) is 8.25. The monoisotopic (exact) mass is 414 g/mol. The molecule has 1 aliphatic heterocycles. The molecule has 3 aromatic rings. The van der Waals surface area contributed by atoms with Gasteiger partial charge in [0.2, 0.25) is 0 Å². The van der Waals surface area contributed by atoms with Crippen molar-refractivity contribution in [1.29, 1.82) is 0 Å². The molecule has 160 valence electrons. The van der Waals surface area contributed by atoms with E-state index in [0.29, 0.717) is 16.9 Å². The molecule has 1 aliphatic rings. The first kappa shape index (κ1) is 21.1. The Labute approximate surface area is 184 Å². The average molecular weight is 415 g/mol. The van der Waals surface area contributed by atoms with Gasteiger partial charge >= 0.3 is 0 Å². The van der Waals surface area contributed by atoms with Gasteiger partial charge in [-0.25, -0.2) is 0 Å². The van der Waals surface area contributed by atoms with Gasteiger partial charge in [0, 0.05) is 45.3 Å². The zero-order valence-corrected chi connectivity index (χ0v) is 18.3. The van der Waals surface area contributed by atoms with Crippen molar-refractivity contribution < 1.29 is 4.79 Å². The van der Waals surface area contributed by atoms with Crippen LogP contribution in [0.3, 0.4) is 0 Å². The van der Waals surface area contributed by atoms with Crippen molar-refractivity contribution in [2.75, 3.05) is 51.3 Å². The molecular weight excluding hydrogens is 384 g/mol. The van der Waals surface area contributed by atoms with Gasteiger partial charge in [-0.15, -0.1) is 0 Å². The quantitative estimate of drug-likeness (QED) is 0.467. The van der Waals surface area contributed by atoms with Crippen LogP contribution in [0.15, 0.2) is 60.7 Å². The lowest BCUT2D eigenvalue weighted by atomic mass is 9.97. The van der Waals surface area contributed by atoms with Crippen molar-refractivity contribution in [3.63, 3.8) is 0 Å². The lowest BCUT2D eigenvalue weighted by Gasteiger charge is -2.32. The van der Waals surface area contributed by atoms with E-state index in [4.69, 9.17) is 5.73 Å². The third-order valence-corrected chi connectivity index (χ3v) is 6.06. The van der Waals surface area contributed by atoms with Crippen molar-refractivity contribution in [3.05, 3.63) is 71.8 Å². The van der Waals surface area contributed by atoms with Crippen LogP contribution in [-0.2, 0) is 6.54 Å². The summed E-state index contributed by atoms with van der Waals surface area (Å²) >= 11 is 0. The lowest BCUT2D eigenvalue weighted by molar-refractivity contribution is 0.112. The molecule has 0 saturated carbocycles. The number of likely N-dealkylation sites (N-methyl/N-ethyl adjacent to an activating group) is 1. The van der Waals surface area contributed by atoms with E-state index in [2.05, 4.69) is 70.7 Å². The average Bonchev–Trinajstić information content (AvgIpc) is 2.80. The molecular formula is C26H30N4O. The number of nitrogen functional groups attached to an aromatic ring is 1. The number of aldehydes is 1. The molecule has 1 heterocycles. The number of carbonyl (C=O) groups is 1. The minimum atomic E-state index is 0.568. The summed E-state index contributed by atoms with van der Waals surface area (Å²) in [5.41, 5.74) is 13.7. The fourth-order valence-corrected chi connectivity index (χ4v) is 4.20. The van der Waals surface area contributed by atoms with Crippen LogP contribution in [0.2, 0.25) is 0 Å². The van der Waals surface area contributed by atoms with E-state index in [9.17, 15) is 4.79 Å². The number of hydrogen-bond acceptors (Lipinski definition) is 5. The van der Waals surface area contributed by atoms with Crippen molar-refractivity contribution >= 4 is 17.7 Å². The van der Waals surface area contributed by atoms with Gasteiger partial charge in [0.25, 0.3) is 0 Å². The summed E-state index contributed by atoms with van der Waals surface area (Å²) in [7, 11) is 3.95. The summed E-state index contributed by atoms with van der Waals surface area (Å²) in [6.07, 6.45) is 0.839. The van der Waals surface area contributed by atoms with Crippen LogP contribution in [-0.4, -0.2) is 56.4 Å². The Morgan fingerprint density at radius 2 is 1.58 bits per heavy atom. The van der Waals surface area contributed by atoms with Crippen molar-refractivity contribution in [2.45, 2.75) is 6.54 Å². The van der Waals surface area contributed by atoms with Crippen molar-refractivity contribution in [2.24, 2.45) is 0 Å². The van der Waals surface area contributed by atoms with E-state index in [1.165, 1.54) is 16.7 Å². The second-order valence-electron chi connectivity index (χ2n) is 8.25. The summed E-state index contributed by atoms with van der Waals surface area (Å²) in [5.74, 6) is 0. The first-order valence-corrected chi connectivity index (χ1v) is 10.7. The summed E-state index contributed by atoms with van der Waals surface area (Å²) in [5, 5.41) is 3.00.